The van der Waals surface area contributed by atoms with Crippen molar-refractivity contribution < 1.29 is 31.3 Å². The van der Waals surface area contributed by atoms with Crippen molar-refractivity contribution in [1.82, 2.24) is 0 Å². The Labute approximate surface area is 227 Å². The molecular weight excluding hydrogens is 499 g/mol. The molecule has 0 saturated carbocycles. The van der Waals surface area contributed by atoms with Crippen LogP contribution in [0.1, 0.15) is 92.7 Å². The van der Waals surface area contributed by atoms with Crippen LogP contribution in [-0.4, -0.2) is 30.0 Å². The summed E-state index contributed by atoms with van der Waals surface area (Å²) in [5.74, 6) is 0.417. The molecule has 1 aromatic carbocycles. The third-order valence-electron chi connectivity index (χ3n) is 5.55. The molecular formula is C30H48F5N2O+. The van der Waals surface area contributed by atoms with Crippen molar-refractivity contribution in [3.63, 3.8) is 0 Å². The smallest absolute Gasteiger partial charge is 0.416 e. The Morgan fingerprint density at radius 3 is 2.13 bits per heavy atom. The first-order valence-electron chi connectivity index (χ1n) is 13.4. The van der Waals surface area contributed by atoms with Gasteiger partial charge < -0.3 is 10.5 Å². The van der Waals surface area contributed by atoms with Gasteiger partial charge in [-0.05, 0) is 44.0 Å². The second kappa shape index (κ2) is 20.3. The Hall–Kier alpha value is -2.64. The molecule has 0 fully saturated rings. The highest BCUT2D eigenvalue weighted by atomic mass is 19.4. The molecule has 0 amide bonds. The van der Waals surface area contributed by atoms with Gasteiger partial charge in [-0.1, -0.05) is 79.5 Å². The van der Waals surface area contributed by atoms with Crippen molar-refractivity contribution in [3.8, 4) is 5.75 Å². The zero-order valence-electron chi connectivity index (χ0n) is 24.6. The molecule has 0 bridgehead atoms. The summed E-state index contributed by atoms with van der Waals surface area (Å²) in [5.41, 5.74) is 6.63. The van der Waals surface area contributed by atoms with Gasteiger partial charge >= 0.3 is 12.8 Å². The van der Waals surface area contributed by atoms with Gasteiger partial charge in [-0.3, -0.25) is 0 Å². The summed E-state index contributed by atoms with van der Waals surface area (Å²) in [6.07, 6.45) is 5.99. The number of nitrogens with zero attached hydrogens (tertiary/aromatic N) is 1. The maximum atomic E-state index is 13.1. The second-order valence-corrected chi connectivity index (χ2v) is 8.32. The lowest BCUT2D eigenvalue weighted by molar-refractivity contribution is -0.516. The highest BCUT2D eigenvalue weighted by Gasteiger charge is 2.33. The predicted molar refractivity (Wildman–Crippen MR) is 150 cm³/mol. The van der Waals surface area contributed by atoms with E-state index in [2.05, 4.69) is 25.5 Å². The third kappa shape index (κ3) is 14.3. The van der Waals surface area contributed by atoms with Crippen LogP contribution in [0.25, 0.3) is 0 Å². The van der Waals surface area contributed by atoms with E-state index >= 15 is 0 Å². The molecule has 1 aliphatic rings. The lowest BCUT2D eigenvalue weighted by Gasteiger charge is -2.17. The van der Waals surface area contributed by atoms with Crippen LogP contribution in [0, 0.1) is 5.92 Å². The van der Waals surface area contributed by atoms with E-state index in [0.717, 1.165) is 12.0 Å². The van der Waals surface area contributed by atoms with E-state index in [1.54, 1.807) is 26.0 Å². The first-order valence-corrected chi connectivity index (χ1v) is 13.4. The summed E-state index contributed by atoms with van der Waals surface area (Å²) >= 11 is 0. The van der Waals surface area contributed by atoms with Crippen LogP contribution >= 0.6 is 0 Å². The average Bonchev–Trinajstić information content (AvgIpc) is 2.87. The fourth-order valence-electron chi connectivity index (χ4n) is 3.18. The predicted octanol–water partition coefficient (Wildman–Crippen LogP) is 9.37. The summed E-state index contributed by atoms with van der Waals surface area (Å²) in [5, 5.41) is 0. The second-order valence-electron chi connectivity index (χ2n) is 8.32. The molecule has 3 nitrogen and oxygen atoms in total. The van der Waals surface area contributed by atoms with E-state index < -0.39 is 24.1 Å². The van der Waals surface area contributed by atoms with Gasteiger partial charge in [0, 0.05) is 17.7 Å². The average molecular weight is 548 g/mol. The molecule has 1 aliphatic heterocycles. The molecule has 1 heterocycles. The maximum Gasteiger partial charge on any atom is 0.416 e. The van der Waals surface area contributed by atoms with Crippen LogP contribution in [0.5, 0.6) is 5.75 Å². The lowest BCUT2D eigenvalue weighted by Crippen LogP contribution is -2.27. The molecule has 8 heteroatoms. The first kappa shape index (κ1) is 37.5. The van der Waals surface area contributed by atoms with E-state index in [0.29, 0.717) is 42.6 Å². The summed E-state index contributed by atoms with van der Waals surface area (Å²) < 4.78 is 71.3. The number of benzene rings is 1. The minimum absolute atomic E-state index is 0.167. The van der Waals surface area contributed by atoms with Gasteiger partial charge in [-0.25, -0.2) is 4.58 Å². The molecule has 218 valence electrons. The van der Waals surface area contributed by atoms with Crippen LogP contribution in [-0.2, 0) is 6.18 Å². The molecule has 0 aromatic heterocycles. The topological polar surface area (TPSA) is 38.3 Å². The summed E-state index contributed by atoms with van der Waals surface area (Å²) in [6.45, 7) is 15.9. The summed E-state index contributed by atoms with van der Waals surface area (Å²) in [6, 6.07) is 2.65. The van der Waals surface area contributed by atoms with Gasteiger partial charge in [-0.15, -0.1) is 0 Å². The van der Waals surface area contributed by atoms with Crippen LogP contribution in [0.2, 0.25) is 0 Å². The number of hydrogen-bond acceptors (Lipinski definition) is 2. The zero-order chi connectivity index (χ0) is 29.9. The van der Waals surface area contributed by atoms with Crippen molar-refractivity contribution in [3.05, 3.63) is 64.9 Å². The Balaban J connectivity index is 0. The third-order valence-corrected chi connectivity index (χ3v) is 5.55. The van der Waals surface area contributed by atoms with Crippen LogP contribution < -0.4 is 10.5 Å². The molecule has 0 aliphatic carbocycles. The van der Waals surface area contributed by atoms with Crippen molar-refractivity contribution >= 4 is 5.71 Å². The fourth-order valence-corrected chi connectivity index (χ4v) is 3.18. The SMILES string of the molecule is C/C(N)=C\C[N+]1=C(c2ccc(C(F)(F)F)cc2OC(F)F)/C(C)=C/C=C\CC1.CC.CC.CCC(C)CC. The highest BCUT2D eigenvalue weighted by molar-refractivity contribution is 6.11. The molecule has 2 rings (SSSR count). The van der Waals surface area contributed by atoms with Crippen molar-refractivity contribution in [2.75, 3.05) is 13.1 Å². The van der Waals surface area contributed by atoms with Crippen LogP contribution in [0.15, 0.2) is 53.8 Å². The number of ether oxygens (including phenoxy) is 1. The van der Waals surface area contributed by atoms with Crippen LogP contribution in [0.3, 0.4) is 0 Å². The minimum Gasteiger partial charge on any atom is -0.434 e. The largest absolute Gasteiger partial charge is 0.434 e. The van der Waals surface area contributed by atoms with Gasteiger partial charge in [0.15, 0.2) is 6.54 Å². The molecule has 0 radical (unpaired) electrons. The Morgan fingerprint density at radius 1 is 1.11 bits per heavy atom. The summed E-state index contributed by atoms with van der Waals surface area (Å²) in [4.78, 5) is 0. The molecule has 0 atom stereocenters. The molecule has 1 aromatic rings. The number of rotatable bonds is 7. The molecule has 0 spiro atoms. The standard InChI is InChI=1S/C20H22F5N2O.C6H14.2C2H6/c1-13-6-4-3-5-10-27(11-9-14(2)26)18(13)16-8-7-15(20(23,24)25)12-17(16)28-19(21)22;1-4-6(3)5-2;2*1-2/h3-4,6-9,12,19H,5,10-11,26H2,1-2H3;6H,4-5H2,1-3H3;2*1-2H3/q+1;;;/b4-3-,13-6+,14-9+,27-18?;;;. The molecule has 2 N–H and O–H groups in total. The summed E-state index contributed by atoms with van der Waals surface area (Å²) in [7, 11) is 0. The van der Waals surface area contributed by atoms with Crippen molar-refractivity contribution in [2.24, 2.45) is 11.7 Å². The number of hydrogen-bond donors (Lipinski definition) is 1. The van der Waals surface area contributed by atoms with Gasteiger partial charge in [0.2, 0.25) is 5.71 Å². The van der Waals surface area contributed by atoms with Gasteiger partial charge in [0.25, 0.3) is 0 Å². The van der Waals surface area contributed by atoms with E-state index in [9.17, 15) is 22.0 Å². The van der Waals surface area contributed by atoms with E-state index in [-0.39, 0.29) is 5.56 Å². The normalized spacial score (nSPS) is 16.0. The van der Waals surface area contributed by atoms with Gasteiger partial charge in [-0.2, -0.15) is 22.0 Å². The van der Waals surface area contributed by atoms with E-state index in [1.807, 2.05) is 44.4 Å². The van der Waals surface area contributed by atoms with Crippen molar-refractivity contribution in [2.45, 2.75) is 94.4 Å². The quantitative estimate of drug-likeness (QED) is 0.273. The zero-order valence-corrected chi connectivity index (χ0v) is 24.6. The van der Waals surface area contributed by atoms with E-state index in [4.69, 9.17) is 5.73 Å². The maximum absolute atomic E-state index is 13.1. The first-order chi connectivity index (χ1) is 17.9. The minimum atomic E-state index is -4.67. The fraction of sp³-hybridized carbons (Fsp3) is 0.567. The Morgan fingerprint density at radius 2 is 1.68 bits per heavy atom. The Bertz CT molecular complexity index is 908. The molecule has 0 saturated heterocycles. The van der Waals surface area contributed by atoms with E-state index in [1.165, 1.54) is 18.9 Å². The van der Waals surface area contributed by atoms with Crippen LogP contribution in [0.4, 0.5) is 22.0 Å². The number of alkyl halides is 5. The molecule has 0 unspecified atom stereocenters. The lowest BCUT2D eigenvalue weighted by atomic mass is 9.98. The highest BCUT2D eigenvalue weighted by Crippen LogP contribution is 2.34. The molecule has 38 heavy (non-hydrogen) atoms. The Kier molecular flexibility index (Phi) is 20.1. The number of nitrogens with two attached hydrogens (primary N) is 1. The number of allylic oxidation sites excluding steroid dienone is 4. The van der Waals surface area contributed by atoms with Gasteiger partial charge in [0.1, 0.15) is 12.3 Å². The number of halogens is 5. The monoisotopic (exact) mass is 547 g/mol. The van der Waals surface area contributed by atoms with Crippen molar-refractivity contribution in [1.29, 1.82) is 0 Å². The van der Waals surface area contributed by atoms with Gasteiger partial charge in [0.05, 0.1) is 11.1 Å².